The van der Waals surface area contributed by atoms with Crippen molar-refractivity contribution in [2.24, 2.45) is 0 Å². The van der Waals surface area contributed by atoms with Crippen molar-refractivity contribution in [1.82, 2.24) is 4.98 Å². The smallest absolute Gasteiger partial charge is 0.183 e. The normalized spacial score (nSPS) is 8.25. The van der Waals surface area contributed by atoms with Gasteiger partial charge >= 0.3 is 0 Å². The van der Waals surface area contributed by atoms with Gasteiger partial charge in [0.2, 0.25) is 0 Å². The molecular weight excluding hydrogens is 142 g/mol. The second kappa shape index (κ2) is 3.05. The molecule has 1 heterocycles. The van der Waals surface area contributed by atoms with Gasteiger partial charge in [0.05, 0.1) is 0 Å². The Bertz CT molecular complexity index is 145. The quantitative estimate of drug-likeness (QED) is 0.553. The highest BCUT2D eigenvalue weighted by molar-refractivity contribution is 7.15. The highest BCUT2D eigenvalue weighted by Crippen LogP contribution is 2.15. The van der Waals surface area contributed by atoms with Crippen molar-refractivity contribution in [3.05, 3.63) is 15.5 Å². The molecule has 1 aromatic heterocycles. The Labute approximate surface area is 58.3 Å². The summed E-state index contributed by atoms with van der Waals surface area (Å²) < 4.78 is 0.623. The lowest BCUT2D eigenvalue weighted by Crippen LogP contribution is -1.50. The van der Waals surface area contributed by atoms with Gasteiger partial charge < -0.3 is 0 Å². The van der Waals surface area contributed by atoms with Gasteiger partial charge in [-0.1, -0.05) is 19.0 Å². The summed E-state index contributed by atoms with van der Waals surface area (Å²) in [5, 5.41) is 0. The average molecular weight is 150 g/mol. The number of hydrogen-bond acceptors (Lipinski definition) is 2. The van der Waals surface area contributed by atoms with Gasteiger partial charge in [-0.2, -0.15) is 0 Å². The van der Waals surface area contributed by atoms with Gasteiger partial charge in [-0.3, -0.25) is 0 Å². The first-order valence-electron chi connectivity index (χ1n) is 1.87. The summed E-state index contributed by atoms with van der Waals surface area (Å²) >= 11 is 6.96. The molecule has 8 heavy (non-hydrogen) atoms. The zero-order valence-electron chi connectivity index (χ0n) is 3.81. The summed E-state index contributed by atoms with van der Waals surface area (Å²) in [4.78, 5) is 4.96. The predicted molar refractivity (Wildman–Crippen MR) is 38.6 cm³/mol. The molecule has 0 aliphatic carbocycles. The molecule has 0 N–H and O–H groups in total. The van der Waals surface area contributed by atoms with Gasteiger partial charge in [0.15, 0.2) is 4.47 Å². The Kier molecular flexibility index (Phi) is 3.02. The Balaban J connectivity index is 0.000000490. The summed E-state index contributed by atoms with van der Waals surface area (Å²) in [6.07, 6.45) is 1.76. The van der Waals surface area contributed by atoms with Crippen molar-refractivity contribution in [1.29, 1.82) is 0 Å². The molecule has 0 bridgehead atoms. The molecule has 0 aliphatic heterocycles. The number of halogens is 1. The van der Waals surface area contributed by atoms with Crippen LogP contribution in [-0.4, -0.2) is 4.98 Å². The van der Waals surface area contributed by atoms with Crippen LogP contribution in [0.25, 0.3) is 0 Å². The van der Waals surface area contributed by atoms with Crippen LogP contribution in [-0.2, 0) is 0 Å². The Morgan fingerprint density at radius 3 is 2.50 bits per heavy atom. The third-order valence-corrected chi connectivity index (χ3v) is 1.62. The van der Waals surface area contributed by atoms with Gasteiger partial charge in [-0.25, -0.2) is 4.98 Å². The van der Waals surface area contributed by atoms with Crippen LogP contribution in [0.2, 0.25) is 4.47 Å². The molecule has 0 saturated carbocycles. The average Bonchev–Trinajstić information content (AvgIpc) is 1.87. The second-order valence-electron chi connectivity index (χ2n) is 1.22. The van der Waals surface area contributed by atoms with Gasteiger partial charge in [-0.15, -0.1) is 11.3 Å². The summed E-state index contributed by atoms with van der Waals surface area (Å²) in [6.45, 7) is 1.98. The van der Waals surface area contributed by atoms with E-state index in [2.05, 4.69) is 4.98 Å². The summed E-state index contributed by atoms with van der Waals surface area (Å²) in [7, 11) is 0. The monoisotopic (exact) mass is 149 g/mol. The van der Waals surface area contributed by atoms with Crippen LogP contribution in [0.3, 0.4) is 0 Å². The maximum absolute atomic E-state index is 5.47. The number of hydrogen-bond donors (Lipinski definition) is 0. The lowest BCUT2D eigenvalue weighted by molar-refractivity contribution is 1.39. The van der Waals surface area contributed by atoms with Crippen LogP contribution >= 0.6 is 22.9 Å². The van der Waals surface area contributed by atoms with E-state index in [4.69, 9.17) is 11.6 Å². The molecule has 0 fully saturated rings. The predicted octanol–water partition coefficient (Wildman–Crippen LogP) is 2.74. The third kappa shape index (κ3) is 1.80. The fourth-order valence-corrected chi connectivity index (χ4v) is 1.22. The van der Waals surface area contributed by atoms with Gasteiger partial charge in [0.25, 0.3) is 0 Å². The molecule has 0 aliphatic rings. The van der Waals surface area contributed by atoms with E-state index in [-0.39, 0.29) is 7.43 Å². The fourth-order valence-electron chi connectivity index (χ4n) is 0.327. The molecule has 0 saturated heterocycles. The molecular formula is C5H8ClNS. The topological polar surface area (TPSA) is 12.9 Å². The SMILES string of the molecule is C.Cc1cnc(Cl)s1. The maximum atomic E-state index is 5.47. The maximum Gasteiger partial charge on any atom is 0.183 e. The molecule has 0 atom stereocenters. The van der Waals surface area contributed by atoms with Crippen molar-refractivity contribution < 1.29 is 0 Å². The van der Waals surface area contributed by atoms with Gasteiger partial charge in [0, 0.05) is 11.1 Å². The van der Waals surface area contributed by atoms with Crippen LogP contribution < -0.4 is 0 Å². The highest BCUT2D eigenvalue weighted by atomic mass is 35.5. The van der Waals surface area contributed by atoms with Crippen molar-refractivity contribution in [3.8, 4) is 0 Å². The summed E-state index contributed by atoms with van der Waals surface area (Å²) in [6, 6.07) is 0. The van der Waals surface area contributed by atoms with E-state index in [0.29, 0.717) is 4.47 Å². The Morgan fingerprint density at radius 2 is 2.38 bits per heavy atom. The molecule has 46 valence electrons. The minimum atomic E-state index is 0. The summed E-state index contributed by atoms with van der Waals surface area (Å²) in [5.41, 5.74) is 0. The molecule has 0 radical (unpaired) electrons. The number of rotatable bonds is 0. The standard InChI is InChI=1S/C4H4ClNS.CH4/c1-3-2-6-4(5)7-3;/h2H,1H3;1H4. The zero-order valence-corrected chi connectivity index (χ0v) is 5.38. The van der Waals surface area contributed by atoms with Crippen LogP contribution in [0, 0.1) is 6.92 Å². The van der Waals surface area contributed by atoms with Crippen molar-refractivity contribution in [3.63, 3.8) is 0 Å². The highest BCUT2D eigenvalue weighted by Gasteiger charge is 1.88. The fraction of sp³-hybridized carbons (Fsp3) is 0.400. The van der Waals surface area contributed by atoms with E-state index < -0.39 is 0 Å². The first-order chi connectivity index (χ1) is 3.29. The largest absolute Gasteiger partial charge is 0.233 e. The lowest BCUT2D eigenvalue weighted by atomic mass is 10.7. The number of aryl methyl sites for hydroxylation is 1. The molecule has 0 unspecified atom stereocenters. The number of aromatic nitrogens is 1. The van der Waals surface area contributed by atoms with Crippen molar-refractivity contribution >= 4 is 22.9 Å². The summed E-state index contributed by atoms with van der Waals surface area (Å²) in [5.74, 6) is 0. The van der Waals surface area contributed by atoms with Crippen molar-refractivity contribution in [2.75, 3.05) is 0 Å². The van der Waals surface area contributed by atoms with E-state index in [0.717, 1.165) is 4.88 Å². The Morgan fingerprint density at radius 1 is 1.75 bits per heavy atom. The van der Waals surface area contributed by atoms with E-state index in [1.807, 2.05) is 6.92 Å². The van der Waals surface area contributed by atoms with Crippen LogP contribution in [0.1, 0.15) is 12.3 Å². The van der Waals surface area contributed by atoms with E-state index in [1.165, 1.54) is 11.3 Å². The van der Waals surface area contributed by atoms with Crippen LogP contribution in [0.15, 0.2) is 6.20 Å². The second-order valence-corrected chi connectivity index (χ2v) is 3.04. The molecule has 0 spiro atoms. The number of thiazole rings is 1. The molecule has 1 aromatic rings. The lowest BCUT2D eigenvalue weighted by Gasteiger charge is -1.66. The van der Waals surface area contributed by atoms with Gasteiger partial charge in [-0.05, 0) is 6.92 Å². The van der Waals surface area contributed by atoms with Crippen LogP contribution in [0.4, 0.5) is 0 Å². The first-order valence-corrected chi connectivity index (χ1v) is 3.06. The first kappa shape index (κ1) is 7.92. The molecule has 0 aromatic carbocycles. The number of nitrogens with zero attached hydrogens (tertiary/aromatic N) is 1. The Hall–Kier alpha value is -0.0800. The van der Waals surface area contributed by atoms with E-state index in [1.54, 1.807) is 6.20 Å². The van der Waals surface area contributed by atoms with Crippen LogP contribution in [0.5, 0.6) is 0 Å². The van der Waals surface area contributed by atoms with E-state index in [9.17, 15) is 0 Å². The molecule has 0 amide bonds. The third-order valence-electron chi connectivity index (χ3n) is 0.593. The molecule has 1 nitrogen and oxygen atoms in total. The molecule has 1 rings (SSSR count). The van der Waals surface area contributed by atoms with E-state index >= 15 is 0 Å². The van der Waals surface area contributed by atoms with Gasteiger partial charge in [0.1, 0.15) is 0 Å². The minimum Gasteiger partial charge on any atom is -0.233 e. The molecule has 3 heteroatoms. The van der Waals surface area contributed by atoms with Crippen molar-refractivity contribution in [2.45, 2.75) is 14.4 Å². The zero-order chi connectivity index (χ0) is 5.28. The minimum absolute atomic E-state index is 0.